The molecule has 0 bridgehead atoms. The van der Waals surface area contributed by atoms with Crippen LogP contribution in [0.15, 0.2) is 42.5 Å². The molecule has 154 valence electrons. The Morgan fingerprint density at radius 1 is 1.10 bits per heavy atom. The van der Waals surface area contributed by atoms with Crippen LogP contribution >= 0.6 is 0 Å². The van der Waals surface area contributed by atoms with Crippen LogP contribution in [0.3, 0.4) is 0 Å². The topological polar surface area (TPSA) is 77.1 Å². The van der Waals surface area contributed by atoms with Crippen LogP contribution in [0.5, 0.6) is 11.5 Å². The number of nitrogens with zero attached hydrogens (tertiary/aromatic N) is 1. The second-order valence-corrected chi connectivity index (χ2v) is 6.77. The minimum absolute atomic E-state index is 0.0786. The standard InChI is InChI=1S/C22H26N2O5/c1-27-11-10-23-21(25)13-18(15-8-9-19(28-2)20(12-15)29-3)24-14-16-6-4-5-7-17(16)22(24)26/h4-9,12,18H,10-11,13-14H2,1-3H3,(H,23,25)/t18-/m0/s1. The molecule has 2 aromatic carbocycles. The number of carbonyl (C=O) groups is 2. The van der Waals surface area contributed by atoms with Crippen molar-refractivity contribution < 1.29 is 23.8 Å². The zero-order chi connectivity index (χ0) is 20.8. The fraction of sp³-hybridized carbons (Fsp3) is 0.364. The number of methoxy groups -OCH3 is 3. The SMILES string of the molecule is COCCNC(=O)C[C@@H](c1ccc(OC)c(OC)c1)N1Cc2ccccc2C1=O. The van der Waals surface area contributed by atoms with E-state index >= 15 is 0 Å². The largest absolute Gasteiger partial charge is 0.493 e. The van der Waals surface area contributed by atoms with E-state index in [-0.39, 0.29) is 18.2 Å². The number of rotatable bonds is 9. The number of nitrogens with one attached hydrogen (secondary N) is 1. The van der Waals surface area contributed by atoms with Crippen LogP contribution in [0.1, 0.15) is 33.9 Å². The van der Waals surface area contributed by atoms with Crippen LogP contribution < -0.4 is 14.8 Å². The molecule has 1 aliphatic rings. The van der Waals surface area contributed by atoms with Crippen molar-refractivity contribution in [1.29, 1.82) is 0 Å². The van der Waals surface area contributed by atoms with E-state index in [4.69, 9.17) is 14.2 Å². The Bertz CT molecular complexity index is 883. The summed E-state index contributed by atoms with van der Waals surface area (Å²) in [6.07, 6.45) is 0.138. The van der Waals surface area contributed by atoms with E-state index in [1.165, 1.54) is 0 Å². The fourth-order valence-electron chi connectivity index (χ4n) is 3.54. The second-order valence-electron chi connectivity index (χ2n) is 6.77. The van der Waals surface area contributed by atoms with Gasteiger partial charge in [0.05, 0.1) is 33.3 Å². The molecule has 1 N–H and O–H groups in total. The molecule has 7 nitrogen and oxygen atoms in total. The van der Waals surface area contributed by atoms with Crippen molar-refractivity contribution in [3.63, 3.8) is 0 Å². The lowest BCUT2D eigenvalue weighted by atomic mass is 10.0. The van der Waals surface area contributed by atoms with Crippen molar-refractivity contribution in [2.24, 2.45) is 0 Å². The van der Waals surface area contributed by atoms with Crippen LogP contribution in [-0.4, -0.2) is 51.2 Å². The van der Waals surface area contributed by atoms with Gasteiger partial charge in [0, 0.05) is 25.8 Å². The van der Waals surface area contributed by atoms with Crippen LogP contribution in [0, 0.1) is 0 Å². The fourth-order valence-corrected chi connectivity index (χ4v) is 3.54. The van der Waals surface area contributed by atoms with Crippen molar-refractivity contribution in [2.75, 3.05) is 34.5 Å². The molecule has 0 saturated carbocycles. The molecule has 1 atom stereocenters. The number of fused-ring (bicyclic) bond motifs is 1. The summed E-state index contributed by atoms with van der Waals surface area (Å²) >= 11 is 0. The predicted octanol–water partition coefficient (Wildman–Crippen LogP) is 2.55. The van der Waals surface area contributed by atoms with Gasteiger partial charge in [0.25, 0.3) is 5.91 Å². The highest BCUT2D eigenvalue weighted by Crippen LogP contribution is 2.37. The number of hydrogen-bond donors (Lipinski definition) is 1. The third-order valence-electron chi connectivity index (χ3n) is 5.03. The summed E-state index contributed by atoms with van der Waals surface area (Å²) in [5.41, 5.74) is 2.45. The molecule has 0 fully saturated rings. The Morgan fingerprint density at radius 3 is 2.55 bits per heavy atom. The Hall–Kier alpha value is -3.06. The maximum Gasteiger partial charge on any atom is 0.255 e. The van der Waals surface area contributed by atoms with Gasteiger partial charge in [-0.05, 0) is 29.3 Å². The van der Waals surface area contributed by atoms with Gasteiger partial charge in [-0.2, -0.15) is 0 Å². The lowest BCUT2D eigenvalue weighted by molar-refractivity contribution is -0.122. The highest BCUT2D eigenvalue weighted by Gasteiger charge is 2.34. The summed E-state index contributed by atoms with van der Waals surface area (Å²) in [4.78, 5) is 27.3. The Kier molecular flexibility index (Phi) is 6.72. The van der Waals surface area contributed by atoms with Crippen molar-refractivity contribution in [3.05, 3.63) is 59.2 Å². The van der Waals surface area contributed by atoms with E-state index in [1.807, 2.05) is 36.4 Å². The lowest BCUT2D eigenvalue weighted by Crippen LogP contribution is -2.35. The third-order valence-corrected chi connectivity index (χ3v) is 5.03. The molecule has 0 spiro atoms. The number of benzene rings is 2. The van der Waals surface area contributed by atoms with E-state index in [0.29, 0.717) is 36.8 Å². The molecule has 29 heavy (non-hydrogen) atoms. The summed E-state index contributed by atoms with van der Waals surface area (Å²) in [7, 11) is 4.71. The molecule has 0 aliphatic carbocycles. The van der Waals surface area contributed by atoms with Crippen LogP contribution in [0.2, 0.25) is 0 Å². The average Bonchev–Trinajstić information content (AvgIpc) is 3.08. The van der Waals surface area contributed by atoms with Crippen molar-refractivity contribution in [2.45, 2.75) is 19.0 Å². The summed E-state index contributed by atoms with van der Waals surface area (Å²) in [5.74, 6) is 0.921. The smallest absolute Gasteiger partial charge is 0.255 e. The molecule has 2 amide bonds. The molecule has 7 heteroatoms. The highest BCUT2D eigenvalue weighted by atomic mass is 16.5. The lowest BCUT2D eigenvalue weighted by Gasteiger charge is -2.28. The van der Waals surface area contributed by atoms with Gasteiger partial charge in [-0.15, -0.1) is 0 Å². The molecule has 0 unspecified atom stereocenters. The van der Waals surface area contributed by atoms with E-state index in [1.54, 1.807) is 32.3 Å². The second kappa shape index (κ2) is 9.43. The number of ether oxygens (including phenoxy) is 3. The molecule has 1 aliphatic heterocycles. The number of hydrogen-bond acceptors (Lipinski definition) is 5. The van der Waals surface area contributed by atoms with E-state index in [2.05, 4.69) is 5.32 Å². The summed E-state index contributed by atoms with van der Waals surface area (Å²) in [5, 5.41) is 2.84. The Morgan fingerprint density at radius 2 is 1.86 bits per heavy atom. The molecule has 3 rings (SSSR count). The zero-order valence-electron chi connectivity index (χ0n) is 16.9. The Labute approximate surface area is 170 Å². The first kappa shape index (κ1) is 20.7. The highest BCUT2D eigenvalue weighted by molar-refractivity contribution is 5.98. The minimum Gasteiger partial charge on any atom is -0.493 e. The van der Waals surface area contributed by atoms with Gasteiger partial charge in [-0.1, -0.05) is 24.3 Å². The van der Waals surface area contributed by atoms with Gasteiger partial charge in [0.15, 0.2) is 11.5 Å². The van der Waals surface area contributed by atoms with Gasteiger partial charge in [-0.25, -0.2) is 0 Å². The maximum atomic E-state index is 13.0. The molecule has 0 aromatic heterocycles. The molecular weight excluding hydrogens is 372 g/mol. The van der Waals surface area contributed by atoms with Crippen molar-refractivity contribution >= 4 is 11.8 Å². The first-order valence-electron chi connectivity index (χ1n) is 9.45. The van der Waals surface area contributed by atoms with Crippen molar-refractivity contribution in [1.82, 2.24) is 10.2 Å². The Balaban J connectivity index is 1.91. The summed E-state index contributed by atoms with van der Waals surface area (Å²) in [6, 6.07) is 12.6. The van der Waals surface area contributed by atoms with Gasteiger partial charge in [0.2, 0.25) is 5.91 Å². The van der Waals surface area contributed by atoms with Gasteiger partial charge in [-0.3, -0.25) is 9.59 Å². The van der Waals surface area contributed by atoms with Crippen LogP contribution in [0.25, 0.3) is 0 Å². The summed E-state index contributed by atoms with van der Waals surface area (Å²) in [6.45, 7) is 1.31. The normalized spacial score (nSPS) is 13.8. The molecule has 1 heterocycles. The molecular formula is C22H26N2O5. The maximum absolute atomic E-state index is 13.0. The van der Waals surface area contributed by atoms with E-state index in [0.717, 1.165) is 11.1 Å². The number of amides is 2. The van der Waals surface area contributed by atoms with Gasteiger partial charge < -0.3 is 24.4 Å². The van der Waals surface area contributed by atoms with Crippen molar-refractivity contribution in [3.8, 4) is 11.5 Å². The monoisotopic (exact) mass is 398 g/mol. The summed E-state index contributed by atoms with van der Waals surface area (Å²) < 4.78 is 15.7. The first-order valence-corrected chi connectivity index (χ1v) is 9.45. The first-order chi connectivity index (χ1) is 14.1. The van der Waals surface area contributed by atoms with Gasteiger partial charge >= 0.3 is 0 Å². The van der Waals surface area contributed by atoms with Crippen LogP contribution in [0.4, 0.5) is 0 Å². The average molecular weight is 398 g/mol. The van der Waals surface area contributed by atoms with Crippen LogP contribution in [-0.2, 0) is 16.1 Å². The minimum atomic E-state index is -0.433. The molecule has 0 saturated heterocycles. The van der Waals surface area contributed by atoms with E-state index in [9.17, 15) is 9.59 Å². The van der Waals surface area contributed by atoms with Gasteiger partial charge in [0.1, 0.15) is 0 Å². The predicted molar refractivity (Wildman–Crippen MR) is 108 cm³/mol. The third kappa shape index (κ3) is 4.51. The zero-order valence-corrected chi connectivity index (χ0v) is 16.9. The number of carbonyl (C=O) groups excluding carboxylic acids is 2. The molecule has 0 radical (unpaired) electrons. The molecule has 2 aromatic rings. The van der Waals surface area contributed by atoms with E-state index < -0.39 is 6.04 Å². The quantitative estimate of drug-likeness (QED) is 0.657.